The van der Waals surface area contributed by atoms with Crippen molar-refractivity contribution in [3.8, 4) is 23.0 Å². The number of aryl methyl sites for hydroxylation is 1. The largest absolute Gasteiger partial charge is 0.325 e. The predicted molar refractivity (Wildman–Crippen MR) is 97.4 cm³/mol. The van der Waals surface area contributed by atoms with E-state index in [0.717, 1.165) is 5.56 Å². The Morgan fingerprint density at radius 1 is 0.852 bits per heavy atom. The molecule has 9 nitrogen and oxygen atoms in total. The van der Waals surface area contributed by atoms with Crippen molar-refractivity contribution < 1.29 is 9.59 Å². The first-order valence-electron chi connectivity index (χ1n) is 8.27. The first-order valence-corrected chi connectivity index (χ1v) is 8.27. The average molecular weight is 363 g/mol. The van der Waals surface area contributed by atoms with Crippen molar-refractivity contribution in [1.29, 1.82) is 0 Å². The number of ketones is 1. The van der Waals surface area contributed by atoms with E-state index in [1.165, 1.54) is 13.1 Å². The van der Waals surface area contributed by atoms with Crippen molar-refractivity contribution in [2.45, 2.75) is 26.7 Å². The van der Waals surface area contributed by atoms with Crippen LogP contribution in [0.4, 0.5) is 5.69 Å². The number of pyridine rings is 2. The fourth-order valence-corrected chi connectivity index (χ4v) is 2.15. The summed E-state index contributed by atoms with van der Waals surface area (Å²) >= 11 is 0. The standard InChI is InChI=1S/C18H17N7O2/c1-11-3-6-14(19-9-11)17-22-24-18(25-23-17)15-7-5-13(10-20-15)21-16(27)8-4-12(2)26/h3,5-7,9-10H,4,8H2,1-2H3,(H,21,27). The van der Waals surface area contributed by atoms with Gasteiger partial charge in [0.15, 0.2) is 0 Å². The molecule has 0 unspecified atom stereocenters. The highest BCUT2D eigenvalue weighted by Crippen LogP contribution is 2.15. The van der Waals surface area contributed by atoms with Crippen molar-refractivity contribution in [2.24, 2.45) is 0 Å². The summed E-state index contributed by atoms with van der Waals surface area (Å²) in [7, 11) is 0. The van der Waals surface area contributed by atoms with Gasteiger partial charge in [-0.05, 0) is 37.6 Å². The van der Waals surface area contributed by atoms with E-state index in [1.54, 1.807) is 24.4 Å². The second kappa shape index (κ2) is 8.17. The van der Waals surface area contributed by atoms with Gasteiger partial charge in [0.2, 0.25) is 17.6 Å². The Balaban J connectivity index is 1.67. The van der Waals surface area contributed by atoms with E-state index in [1.807, 2.05) is 13.0 Å². The Labute approximate surface area is 155 Å². The first-order chi connectivity index (χ1) is 13.0. The van der Waals surface area contributed by atoms with Gasteiger partial charge in [0.1, 0.15) is 17.2 Å². The molecule has 0 aromatic carbocycles. The molecule has 3 rings (SSSR count). The Morgan fingerprint density at radius 2 is 1.44 bits per heavy atom. The van der Waals surface area contributed by atoms with Crippen LogP contribution in [0, 0.1) is 6.92 Å². The molecule has 136 valence electrons. The molecule has 0 bridgehead atoms. The van der Waals surface area contributed by atoms with Crippen LogP contribution in [0.1, 0.15) is 25.3 Å². The zero-order valence-electron chi connectivity index (χ0n) is 14.9. The lowest BCUT2D eigenvalue weighted by Crippen LogP contribution is -2.12. The lowest BCUT2D eigenvalue weighted by molar-refractivity contribution is -0.121. The third kappa shape index (κ3) is 4.94. The number of hydrogen-bond acceptors (Lipinski definition) is 8. The molecule has 1 N–H and O–H groups in total. The number of aromatic nitrogens is 6. The number of nitrogens with zero attached hydrogens (tertiary/aromatic N) is 6. The van der Waals surface area contributed by atoms with Crippen LogP contribution in [-0.2, 0) is 9.59 Å². The van der Waals surface area contributed by atoms with Crippen LogP contribution in [0.3, 0.4) is 0 Å². The van der Waals surface area contributed by atoms with Crippen LogP contribution in [0.15, 0.2) is 36.7 Å². The average Bonchev–Trinajstić information content (AvgIpc) is 2.68. The molecule has 0 aliphatic carbocycles. The number of anilines is 1. The van der Waals surface area contributed by atoms with Crippen molar-refractivity contribution in [2.75, 3.05) is 5.32 Å². The van der Waals surface area contributed by atoms with Crippen LogP contribution in [0.2, 0.25) is 0 Å². The van der Waals surface area contributed by atoms with Crippen LogP contribution in [-0.4, -0.2) is 42.1 Å². The highest BCUT2D eigenvalue weighted by Gasteiger charge is 2.09. The number of carbonyl (C=O) groups is 2. The monoisotopic (exact) mass is 363 g/mol. The van der Waals surface area contributed by atoms with Gasteiger partial charge in [-0.3, -0.25) is 14.8 Å². The number of carbonyl (C=O) groups excluding carboxylic acids is 2. The maximum atomic E-state index is 11.7. The van der Waals surface area contributed by atoms with Gasteiger partial charge >= 0.3 is 0 Å². The molecule has 0 atom stereocenters. The van der Waals surface area contributed by atoms with Crippen molar-refractivity contribution in [3.63, 3.8) is 0 Å². The van der Waals surface area contributed by atoms with Crippen molar-refractivity contribution >= 4 is 17.4 Å². The molecule has 3 aromatic rings. The van der Waals surface area contributed by atoms with E-state index >= 15 is 0 Å². The van der Waals surface area contributed by atoms with Gasteiger partial charge in [-0.2, -0.15) is 0 Å². The molecule has 0 fully saturated rings. The Hall–Kier alpha value is -3.62. The summed E-state index contributed by atoms with van der Waals surface area (Å²) in [5.74, 6) is 0.322. The summed E-state index contributed by atoms with van der Waals surface area (Å²) in [6, 6.07) is 7.04. The molecule has 3 heterocycles. The molecule has 0 saturated carbocycles. The number of nitrogens with one attached hydrogen (secondary N) is 1. The van der Waals surface area contributed by atoms with Crippen molar-refractivity contribution in [1.82, 2.24) is 30.4 Å². The van der Waals surface area contributed by atoms with E-state index < -0.39 is 0 Å². The minimum atomic E-state index is -0.241. The number of hydrogen-bond donors (Lipinski definition) is 1. The fraction of sp³-hybridized carbons (Fsp3) is 0.222. The Bertz CT molecular complexity index is 939. The van der Waals surface area contributed by atoms with Crippen LogP contribution >= 0.6 is 0 Å². The molecular weight excluding hydrogens is 346 g/mol. The lowest BCUT2D eigenvalue weighted by Gasteiger charge is -2.05. The number of amides is 1. The quantitative estimate of drug-likeness (QED) is 0.705. The number of rotatable bonds is 6. The van der Waals surface area contributed by atoms with Gasteiger partial charge in [-0.25, -0.2) is 0 Å². The van der Waals surface area contributed by atoms with Gasteiger partial charge in [0.05, 0.1) is 11.9 Å². The number of Topliss-reactive ketones (excluding diaryl/α,β-unsaturated/α-hetero) is 1. The maximum Gasteiger partial charge on any atom is 0.224 e. The molecular formula is C18H17N7O2. The Morgan fingerprint density at radius 3 is 1.93 bits per heavy atom. The van der Waals surface area contributed by atoms with Crippen LogP contribution in [0.5, 0.6) is 0 Å². The van der Waals surface area contributed by atoms with E-state index in [-0.39, 0.29) is 30.4 Å². The smallest absolute Gasteiger partial charge is 0.224 e. The zero-order chi connectivity index (χ0) is 19.2. The molecule has 27 heavy (non-hydrogen) atoms. The molecule has 0 aliphatic heterocycles. The predicted octanol–water partition coefficient (Wildman–Crippen LogP) is 2.01. The van der Waals surface area contributed by atoms with Gasteiger partial charge in [0, 0.05) is 19.0 Å². The molecule has 0 saturated heterocycles. The molecule has 0 radical (unpaired) electrons. The van der Waals surface area contributed by atoms with E-state index in [9.17, 15) is 9.59 Å². The Kier molecular flexibility index (Phi) is 5.50. The molecule has 3 aromatic heterocycles. The maximum absolute atomic E-state index is 11.7. The minimum Gasteiger partial charge on any atom is -0.325 e. The summed E-state index contributed by atoms with van der Waals surface area (Å²) < 4.78 is 0. The van der Waals surface area contributed by atoms with Crippen LogP contribution < -0.4 is 5.32 Å². The molecule has 9 heteroatoms. The second-order valence-electron chi connectivity index (χ2n) is 5.95. The third-order valence-electron chi connectivity index (χ3n) is 3.60. The topological polar surface area (TPSA) is 124 Å². The first kappa shape index (κ1) is 18.2. The highest BCUT2D eigenvalue weighted by atomic mass is 16.2. The summed E-state index contributed by atoms with van der Waals surface area (Å²) in [6.45, 7) is 3.39. The summed E-state index contributed by atoms with van der Waals surface area (Å²) in [6.07, 6.45) is 3.56. The zero-order valence-corrected chi connectivity index (χ0v) is 14.9. The third-order valence-corrected chi connectivity index (χ3v) is 3.60. The fourth-order valence-electron chi connectivity index (χ4n) is 2.15. The summed E-state index contributed by atoms with van der Waals surface area (Å²) in [4.78, 5) is 31.1. The van der Waals surface area contributed by atoms with Gasteiger partial charge in [0.25, 0.3) is 0 Å². The van der Waals surface area contributed by atoms with Gasteiger partial charge in [-0.15, -0.1) is 20.4 Å². The highest BCUT2D eigenvalue weighted by molar-refractivity contribution is 5.93. The van der Waals surface area contributed by atoms with Gasteiger partial charge < -0.3 is 10.1 Å². The lowest BCUT2D eigenvalue weighted by atomic mass is 10.2. The molecule has 0 aliphatic rings. The van der Waals surface area contributed by atoms with E-state index in [4.69, 9.17) is 0 Å². The molecule has 0 spiro atoms. The summed E-state index contributed by atoms with van der Waals surface area (Å²) in [5.41, 5.74) is 2.62. The van der Waals surface area contributed by atoms with Crippen molar-refractivity contribution in [3.05, 3.63) is 42.2 Å². The minimum absolute atomic E-state index is 0.0277. The van der Waals surface area contributed by atoms with Crippen LogP contribution in [0.25, 0.3) is 23.0 Å². The SMILES string of the molecule is CC(=O)CCC(=O)Nc1ccc(-c2nnc(-c3ccc(C)cn3)nn2)nc1. The van der Waals surface area contributed by atoms with E-state index in [2.05, 4.69) is 35.7 Å². The molecule has 1 amide bonds. The summed E-state index contributed by atoms with van der Waals surface area (Å²) in [5, 5.41) is 18.8. The van der Waals surface area contributed by atoms with Gasteiger partial charge in [-0.1, -0.05) is 6.07 Å². The normalized spacial score (nSPS) is 10.4. The van der Waals surface area contributed by atoms with E-state index in [0.29, 0.717) is 22.9 Å². The second-order valence-corrected chi connectivity index (χ2v) is 5.95.